The van der Waals surface area contributed by atoms with E-state index in [1.54, 1.807) is 6.07 Å². The lowest BCUT2D eigenvalue weighted by atomic mass is 10.1. The first-order chi connectivity index (χ1) is 10.00. The molecule has 21 heavy (non-hydrogen) atoms. The Morgan fingerprint density at radius 2 is 2.14 bits per heavy atom. The van der Waals surface area contributed by atoms with Crippen LogP contribution >= 0.6 is 0 Å². The first-order valence-corrected chi connectivity index (χ1v) is 7.35. The summed E-state index contributed by atoms with van der Waals surface area (Å²) < 4.78 is 41.3. The average molecular weight is 300 g/mol. The van der Waals surface area contributed by atoms with Crippen molar-refractivity contribution in [1.29, 1.82) is 0 Å². The van der Waals surface area contributed by atoms with Gasteiger partial charge < -0.3 is 23.4 Å². The number of furan rings is 1. The first-order valence-electron chi connectivity index (χ1n) is 7.35. The number of ether oxygens (including phenoxy) is 4. The van der Waals surface area contributed by atoms with Gasteiger partial charge in [-0.2, -0.15) is 4.39 Å². The van der Waals surface area contributed by atoms with E-state index in [9.17, 15) is 4.39 Å². The Morgan fingerprint density at radius 1 is 1.33 bits per heavy atom. The van der Waals surface area contributed by atoms with Gasteiger partial charge in [-0.3, -0.25) is 0 Å². The van der Waals surface area contributed by atoms with Gasteiger partial charge in [-0.05, 0) is 26.3 Å². The fraction of sp³-hybridized carbons (Fsp3) is 0.733. The van der Waals surface area contributed by atoms with Crippen LogP contribution in [0.5, 0.6) is 0 Å². The van der Waals surface area contributed by atoms with Crippen molar-refractivity contribution in [3.63, 3.8) is 0 Å². The zero-order valence-electron chi connectivity index (χ0n) is 12.5. The highest BCUT2D eigenvalue weighted by Gasteiger charge is 2.55. The molecule has 3 heterocycles. The van der Waals surface area contributed by atoms with Crippen molar-refractivity contribution in [1.82, 2.24) is 0 Å². The molecule has 3 rings (SSSR count). The SMILES string of the molecule is CCC[C@H]1O[C@@H]2OC(C)(C)O[C@@H]2[C@H]1OCc1ccoc1F. The number of hydrogen-bond donors (Lipinski definition) is 0. The van der Waals surface area contributed by atoms with Crippen molar-refractivity contribution in [2.75, 3.05) is 0 Å². The van der Waals surface area contributed by atoms with Crippen molar-refractivity contribution in [2.24, 2.45) is 0 Å². The van der Waals surface area contributed by atoms with Gasteiger partial charge in [0.15, 0.2) is 12.1 Å². The van der Waals surface area contributed by atoms with Crippen LogP contribution in [0.1, 0.15) is 39.2 Å². The number of rotatable bonds is 5. The third kappa shape index (κ3) is 2.99. The van der Waals surface area contributed by atoms with Gasteiger partial charge in [0, 0.05) is 0 Å². The van der Waals surface area contributed by atoms with Gasteiger partial charge >= 0.3 is 0 Å². The van der Waals surface area contributed by atoms with Crippen molar-refractivity contribution in [2.45, 2.75) is 70.6 Å². The third-order valence-electron chi connectivity index (χ3n) is 3.78. The molecule has 2 aliphatic rings. The normalized spacial score (nSPS) is 34.3. The maximum Gasteiger partial charge on any atom is 0.283 e. The van der Waals surface area contributed by atoms with Gasteiger partial charge in [-0.1, -0.05) is 13.3 Å². The summed E-state index contributed by atoms with van der Waals surface area (Å²) in [6.07, 6.45) is 2.04. The largest absolute Gasteiger partial charge is 0.439 e. The maximum absolute atomic E-state index is 13.3. The highest BCUT2D eigenvalue weighted by atomic mass is 19.1. The molecule has 118 valence electrons. The van der Waals surface area contributed by atoms with E-state index >= 15 is 0 Å². The lowest BCUT2D eigenvalue weighted by Crippen LogP contribution is -2.36. The molecule has 1 aromatic rings. The molecule has 0 aromatic carbocycles. The van der Waals surface area contributed by atoms with Crippen LogP contribution in [0.25, 0.3) is 0 Å². The van der Waals surface area contributed by atoms with Crippen molar-refractivity contribution in [3.05, 3.63) is 23.9 Å². The molecule has 1 aromatic heterocycles. The van der Waals surface area contributed by atoms with E-state index in [0.29, 0.717) is 5.56 Å². The molecule has 2 fully saturated rings. The molecule has 0 bridgehead atoms. The van der Waals surface area contributed by atoms with Gasteiger partial charge in [0.05, 0.1) is 24.5 Å². The van der Waals surface area contributed by atoms with E-state index in [4.69, 9.17) is 18.9 Å². The highest BCUT2D eigenvalue weighted by molar-refractivity contribution is 5.06. The number of halogens is 1. The average Bonchev–Trinajstić information content (AvgIpc) is 3.01. The van der Waals surface area contributed by atoms with Crippen LogP contribution in [-0.4, -0.2) is 30.4 Å². The van der Waals surface area contributed by atoms with E-state index in [2.05, 4.69) is 11.3 Å². The van der Waals surface area contributed by atoms with Crippen LogP contribution in [-0.2, 0) is 25.6 Å². The molecule has 2 saturated heterocycles. The molecule has 0 aliphatic carbocycles. The number of hydrogen-bond acceptors (Lipinski definition) is 5. The molecule has 6 heteroatoms. The Hall–Kier alpha value is -0.950. The van der Waals surface area contributed by atoms with Crippen molar-refractivity contribution in [3.8, 4) is 0 Å². The van der Waals surface area contributed by atoms with E-state index in [-0.39, 0.29) is 24.9 Å². The predicted molar refractivity (Wildman–Crippen MR) is 70.8 cm³/mol. The zero-order valence-corrected chi connectivity index (χ0v) is 12.5. The minimum atomic E-state index is -0.685. The van der Waals surface area contributed by atoms with Gasteiger partial charge in [-0.15, -0.1) is 0 Å². The van der Waals surface area contributed by atoms with E-state index in [1.807, 2.05) is 13.8 Å². The summed E-state index contributed by atoms with van der Waals surface area (Å²) in [5, 5.41) is 0. The predicted octanol–water partition coefficient (Wildman–Crippen LogP) is 2.98. The lowest BCUT2D eigenvalue weighted by Gasteiger charge is -2.25. The molecule has 0 unspecified atom stereocenters. The van der Waals surface area contributed by atoms with Crippen LogP contribution in [0, 0.1) is 6.01 Å². The second kappa shape index (κ2) is 5.68. The Labute approximate surface area is 123 Å². The third-order valence-corrected chi connectivity index (χ3v) is 3.78. The summed E-state index contributed by atoms with van der Waals surface area (Å²) in [6.45, 7) is 5.89. The minimum absolute atomic E-state index is 0.101. The van der Waals surface area contributed by atoms with Crippen molar-refractivity contribution < 1.29 is 27.8 Å². The van der Waals surface area contributed by atoms with Crippen LogP contribution in [0.4, 0.5) is 4.39 Å². The number of fused-ring (bicyclic) bond motifs is 1. The van der Waals surface area contributed by atoms with Crippen LogP contribution in [0.15, 0.2) is 16.7 Å². The molecule has 0 spiro atoms. The Bertz CT molecular complexity index is 486. The Kier molecular flexibility index (Phi) is 4.05. The summed E-state index contributed by atoms with van der Waals surface area (Å²) >= 11 is 0. The molecule has 4 atom stereocenters. The maximum atomic E-state index is 13.3. The molecule has 2 aliphatic heterocycles. The molecule has 0 saturated carbocycles. The quantitative estimate of drug-likeness (QED) is 0.836. The zero-order chi connectivity index (χ0) is 15.0. The molecular weight excluding hydrogens is 279 g/mol. The van der Waals surface area contributed by atoms with Crippen LogP contribution in [0.2, 0.25) is 0 Å². The van der Waals surface area contributed by atoms with Crippen LogP contribution in [0.3, 0.4) is 0 Å². The minimum Gasteiger partial charge on any atom is -0.439 e. The molecular formula is C15H21FO5. The Balaban J connectivity index is 1.68. The highest BCUT2D eigenvalue weighted by Crippen LogP contribution is 2.40. The van der Waals surface area contributed by atoms with Crippen LogP contribution < -0.4 is 0 Å². The van der Waals surface area contributed by atoms with Crippen molar-refractivity contribution >= 4 is 0 Å². The summed E-state index contributed by atoms with van der Waals surface area (Å²) in [6, 6.07) is 0.953. The van der Waals surface area contributed by atoms with E-state index < -0.39 is 18.1 Å². The fourth-order valence-electron chi connectivity index (χ4n) is 2.87. The van der Waals surface area contributed by atoms with E-state index in [0.717, 1.165) is 12.8 Å². The molecule has 5 nitrogen and oxygen atoms in total. The van der Waals surface area contributed by atoms with Gasteiger partial charge in [-0.25, -0.2) is 0 Å². The van der Waals surface area contributed by atoms with E-state index in [1.165, 1.54) is 6.26 Å². The summed E-state index contributed by atoms with van der Waals surface area (Å²) in [7, 11) is 0. The van der Waals surface area contributed by atoms with Gasteiger partial charge in [0.1, 0.15) is 12.2 Å². The smallest absolute Gasteiger partial charge is 0.283 e. The topological polar surface area (TPSA) is 50.1 Å². The summed E-state index contributed by atoms with van der Waals surface area (Å²) in [4.78, 5) is 0. The van der Waals surface area contributed by atoms with Gasteiger partial charge in [0.25, 0.3) is 6.01 Å². The lowest BCUT2D eigenvalue weighted by molar-refractivity contribution is -0.219. The molecule has 0 N–H and O–H groups in total. The summed E-state index contributed by atoms with van der Waals surface area (Å²) in [5.74, 6) is -0.685. The first kappa shape index (κ1) is 15.0. The summed E-state index contributed by atoms with van der Waals surface area (Å²) in [5.41, 5.74) is 0.395. The second-order valence-electron chi connectivity index (χ2n) is 5.93. The standard InChI is InChI=1S/C15H21FO5/c1-4-5-10-11(18-8-9-6-7-17-13(9)16)12-14(19-10)21-15(2,3)20-12/h6-7,10-12,14H,4-5,8H2,1-3H3/t10-,11+,12-,14-/m1/s1. The van der Waals surface area contributed by atoms with Gasteiger partial charge in [0.2, 0.25) is 0 Å². The monoisotopic (exact) mass is 300 g/mol. The Morgan fingerprint density at radius 3 is 2.81 bits per heavy atom. The fourth-order valence-corrected chi connectivity index (χ4v) is 2.87. The second-order valence-corrected chi connectivity index (χ2v) is 5.93. The molecule has 0 amide bonds. The molecule has 0 radical (unpaired) electrons.